The number of carbonyl (C=O) groups is 1. The van der Waals surface area contributed by atoms with E-state index in [0.29, 0.717) is 0 Å². The molecule has 0 saturated carbocycles. The zero-order valence-corrected chi connectivity index (χ0v) is 10.2. The topological polar surface area (TPSA) is 26.3 Å². The molecule has 1 aromatic carbocycles. The summed E-state index contributed by atoms with van der Waals surface area (Å²) in [4.78, 5) is 11.5. The van der Waals surface area contributed by atoms with Crippen LogP contribution in [0.4, 0.5) is 0 Å². The van der Waals surface area contributed by atoms with Gasteiger partial charge in [0.25, 0.3) is 0 Å². The van der Waals surface area contributed by atoms with Gasteiger partial charge in [-0.2, -0.15) is 0 Å². The molecule has 16 heavy (non-hydrogen) atoms. The van der Waals surface area contributed by atoms with Gasteiger partial charge in [-0.05, 0) is 31.0 Å². The van der Waals surface area contributed by atoms with Crippen LogP contribution in [-0.4, -0.2) is 13.4 Å². The number of ether oxygens (including phenoxy) is 1. The van der Waals surface area contributed by atoms with Crippen molar-refractivity contribution in [2.45, 2.75) is 18.1 Å². The maximum Gasteiger partial charge on any atom is 0.156 e. The zero-order valence-electron chi connectivity index (χ0n) is 9.40. The molecule has 0 fully saturated rings. The second-order valence-corrected chi connectivity index (χ2v) is 5.57. The van der Waals surface area contributed by atoms with Gasteiger partial charge in [0.1, 0.15) is 5.75 Å². The van der Waals surface area contributed by atoms with Crippen LogP contribution >= 0.6 is 11.8 Å². The fraction of sp³-hybridized carbons (Fsp3) is 0.308. The van der Waals surface area contributed by atoms with Crippen molar-refractivity contribution in [3.05, 3.63) is 40.8 Å². The highest BCUT2D eigenvalue weighted by molar-refractivity contribution is 8.05. The number of aldehydes is 1. The average Bonchev–Trinajstić information content (AvgIpc) is 2.73. The number of hydrogen-bond acceptors (Lipinski definition) is 3. The molecule has 84 valence electrons. The molecule has 0 bridgehead atoms. The molecule has 1 aromatic rings. The first-order valence-electron chi connectivity index (χ1n) is 5.17. The van der Waals surface area contributed by atoms with Gasteiger partial charge >= 0.3 is 0 Å². The first kappa shape index (κ1) is 11.3. The van der Waals surface area contributed by atoms with Gasteiger partial charge in [0.15, 0.2) is 6.29 Å². The van der Waals surface area contributed by atoms with Crippen molar-refractivity contribution >= 4 is 18.0 Å². The maximum atomic E-state index is 10.7. The molecule has 1 aliphatic rings. The summed E-state index contributed by atoms with van der Waals surface area (Å²) < 4.78 is 5.12. The van der Waals surface area contributed by atoms with E-state index in [0.717, 1.165) is 23.4 Å². The lowest BCUT2D eigenvalue weighted by molar-refractivity contribution is -0.104. The lowest BCUT2D eigenvalue weighted by atomic mass is 9.97. The van der Waals surface area contributed by atoms with E-state index < -0.39 is 0 Å². The number of allylic oxidation sites excluding steroid dienone is 2. The van der Waals surface area contributed by atoms with Gasteiger partial charge in [-0.25, -0.2) is 0 Å². The predicted octanol–water partition coefficient (Wildman–Crippen LogP) is 3.13. The highest BCUT2D eigenvalue weighted by atomic mass is 32.2. The fourth-order valence-electron chi connectivity index (χ4n) is 1.83. The Morgan fingerprint density at radius 3 is 2.56 bits per heavy atom. The number of rotatable bonds is 3. The molecular formula is C13H14O2S. The van der Waals surface area contributed by atoms with E-state index in [4.69, 9.17) is 4.74 Å². The van der Waals surface area contributed by atoms with E-state index in [1.165, 1.54) is 5.56 Å². The molecule has 1 heterocycles. The first-order chi connectivity index (χ1) is 7.68. The van der Waals surface area contributed by atoms with E-state index in [1.807, 2.05) is 18.2 Å². The molecular weight excluding hydrogens is 220 g/mol. The summed E-state index contributed by atoms with van der Waals surface area (Å²) in [6.07, 6.45) is 3.83. The van der Waals surface area contributed by atoms with Crippen LogP contribution in [0.3, 0.4) is 0 Å². The second kappa shape index (κ2) is 4.34. The summed E-state index contributed by atoms with van der Waals surface area (Å²) in [7, 11) is 1.66. The second-order valence-electron chi connectivity index (χ2n) is 3.99. The first-order valence-corrected chi connectivity index (χ1v) is 5.98. The van der Waals surface area contributed by atoms with Crippen molar-refractivity contribution in [2.75, 3.05) is 7.11 Å². The Balaban J connectivity index is 2.21. The largest absolute Gasteiger partial charge is 0.497 e. The number of carbonyl (C=O) groups excluding carboxylic acids is 1. The molecule has 0 saturated heterocycles. The summed E-state index contributed by atoms with van der Waals surface area (Å²) in [6, 6.07) is 8.04. The number of benzene rings is 1. The van der Waals surface area contributed by atoms with Gasteiger partial charge in [0.05, 0.1) is 7.11 Å². The van der Waals surface area contributed by atoms with Crippen LogP contribution in [0.5, 0.6) is 5.75 Å². The van der Waals surface area contributed by atoms with Crippen molar-refractivity contribution in [1.29, 1.82) is 0 Å². The van der Waals surface area contributed by atoms with Crippen LogP contribution in [0.2, 0.25) is 0 Å². The molecule has 0 N–H and O–H groups in total. The third-order valence-corrected chi connectivity index (χ3v) is 4.20. The Morgan fingerprint density at radius 1 is 1.38 bits per heavy atom. The minimum atomic E-state index is -0.0114. The molecule has 3 heteroatoms. The molecule has 1 atom stereocenters. The summed E-state index contributed by atoms with van der Waals surface area (Å²) in [5.74, 6) is 0.860. The Bertz CT molecular complexity index is 422. The van der Waals surface area contributed by atoms with Gasteiger partial charge < -0.3 is 4.74 Å². The minimum absolute atomic E-state index is 0.0114. The van der Waals surface area contributed by atoms with Gasteiger partial charge in [0.2, 0.25) is 0 Å². The standard InChI is InChI=1S/C13H14O2S/c1-13(8-7-12(9-14)16-13)10-3-5-11(15-2)6-4-10/h3-7,9H,8H2,1-2H3. The third kappa shape index (κ3) is 2.00. The number of hydrogen-bond donors (Lipinski definition) is 0. The molecule has 0 aliphatic carbocycles. The van der Waals surface area contributed by atoms with Crippen molar-refractivity contribution < 1.29 is 9.53 Å². The monoisotopic (exact) mass is 234 g/mol. The van der Waals surface area contributed by atoms with E-state index >= 15 is 0 Å². The van der Waals surface area contributed by atoms with E-state index in [2.05, 4.69) is 19.1 Å². The SMILES string of the molecule is COc1ccc(C2(C)CC=C(C=O)S2)cc1. The number of methoxy groups -OCH3 is 1. The minimum Gasteiger partial charge on any atom is -0.497 e. The van der Waals surface area contributed by atoms with Crippen LogP contribution in [-0.2, 0) is 9.54 Å². The highest BCUT2D eigenvalue weighted by Gasteiger charge is 2.32. The molecule has 0 radical (unpaired) electrons. The molecule has 2 nitrogen and oxygen atoms in total. The van der Waals surface area contributed by atoms with Crippen LogP contribution in [0.25, 0.3) is 0 Å². The lowest BCUT2D eigenvalue weighted by Gasteiger charge is -2.23. The Morgan fingerprint density at radius 2 is 2.06 bits per heavy atom. The molecule has 1 unspecified atom stereocenters. The van der Waals surface area contributed by atoms with Crippen LogP contribution in [0.1, 0.15) is 18.9 Å². The molecule has 0 amide bonds. The van der Waals surface area contributed by atoms with Crippen molar-refractivity contribution in [3.8, 4) is 5.75 Å². The summed E-state index contributed by atoms with van der Waals surface area (Å²) >= 11 is 1.63. The van der Waals surface area contributed by atoms with Crippen LogP contribution in [0, 0.1) is 0 Å². The van der Waals surface area contributed by atoms with Crippen molar-refractivity contribution in [3.63, 3.8) is 0 Å². The molecule has 0 aromatic heterocycles. The fourth-order valence-corrected chi connectivity index (χ4v) is 2.99. The lowest BCUT2D eigenvalue weighted by Crippen LogP contribution is -2.13. The van der Waals surface area contributed by atoms with Crippen molar-refractivity contribution in [1.82, 2.24) is 0 Å². The maximum absolute atomic E-state index is 10.7. The highest BCUT2D eigenvalue weighted by Crippen LogP contribution is 2.48. The van der Waals surface area contributed by atoms with Gasteiger partial charge in [-0.1, -0.05) is 18.2 Å². The predicted molar refractivity (Wildman–Crippen MR) is 66.7 cm³/mol. The normalized spacial score (nSPS) is 24.0. The van der Waals surface area contributed by atoms with E-state index in [-0.39, 0.29) is 4.75 Å². The molecule has 2 rings (SSSR count). The van der Waals surface area contributed by atoms with Crippen LogP contribution < -0.4 is 4.74 Å². The Labute approximate surface area is 99.7 Å². The van der Waals surface area contributed by atoms with Gasteiger partial charge in [0, 0.05) is 9.65 Å². The zero-order chi connectivity index (χ0) is 11.6. The molecule has 1 aliphatic heterocycles. The molecule has 0 spiro atoms. The van der Waals surface area contributed by atoms with Gasteiger partial charge in [-0.15, -0.1) is 11.8 Å². The summed E-state index contributed by atoms with van der Waals surface area (Å²) in [5.41, 5.74) is 1.23. The van der Waals surface area contributed by atoms with Crippen molar-refractivity contribution in [2.24, 2.45) is 0 Å². The van der Waals surface area contributed by atoms with Gasteiger partial charge in [-0.3, -0.25) is 4.79 Å². The van der Waals surface area contributed by atoms with E-state index in [1.54, 1.807) is 18.9 Å². The summed E-state index contributed by atoms with van der Waals surface area (Å²) in [6.45, 7) is 2.16. The summed E-state index contributed by atoms with van der Waals surface area (Å²) in [5, 5.41) is 0. The third-order valence-electron chi connectivity index (χ3n) is 2.85. The average molecular weight is 234 g/mol. The smallest absolute Gasteiger partial charge is 0.156 e. The number of thioether (sulfide) groups is 1. The van der Waals surface area contributed by atoms with Crippen LogP contribution in [0.15, 0.2) is 35.2 Å². The Hall–Kier alpha value is -1.22. The van der Waals surface area contributed by atoms with E-state index in [9.17, 15) is 4.79 Å². The quantitative estimate of drug-likeness (QED) is 0.752. The Kier molecular flexibility index (Phi) is 3.06.